The van der Waals surface area contributed by atoms with Gasteiger partial charge < -0.3 is 9.15 Å². The summed E-state index contributed by atoms with van der Waals surface area (Å²) in [6.07, 6.45) is 1.07. The van der Waals surface area contributed by atoms with E-state index < -0.39 is 0 Å². The quantitative estimate of drug-likeness (QED) is 0.748. The molecule has 0 saturated heterocycles. The fourth-order valence-electron chi connectivity index (χ4n) is 1.60. The normalized spacial score (nSPS) is 12.4. The standard InChI is InChI=1S/C15H20N2O2S/c1-5-12(4)20-15-17-16-14(19-15)9-18-13-8-10(2)6-7-11(13)3/h6-8,12H,5,9H2,1-4H3. The Balaban J connectivity index is 1.95. The molecule has 0 aliphatic carbocycles. The summed E-state index contributed by atoms with van der Waals surface area (Å²) in [4.78, 5) is 0. The Labute approximate surface area is 123 Å². The highest BCUT2D eigenvalue weighted by molar-refractivity contribution is 7.99. The van der Waals surface area contributed by atoms with Crippen LogP contribution in [0.4, 0.5) is 0 Å². The van der Waals surface area contributed by atoms with Crippen LogP contribution in [0.15, 0.2) is 27.8 Å². The highest BCUT2D eigenvalue weighted by Gasteiger charge is 2.11. The minimum atomic E-state index is 0.304. The molecule has 1 unspecified atom stereocenters. The van der Waals surface area contributed by atoms with Crippen LogP contribution < -0.4 is 4.74 Å². The highest BCUT2D eigenvalue weighted by Crippen LogP contribution is 2.24. The van der Waals surface area contributed by atoms with E-state index in [9.17, 15) is 0 Å². The molecule has 1 aromatic heterocycles. The summed E-state index contributed by atoms with van der Waals surface area (Å²) in [5.74, 6) is 1.37. The lowest BCUT2D eigenvalue weighted by molar-refractivity contribution is 0.250. The minimum Gasteiger partial charge on any atom is -0.484 e. The van der Waals surface area contributed by atoms with E-state index in [1.807, 2.05) is 26.0 Å². The van der Waals surface area contributed by atoms with Crippen LogP contribution in [-0.4, -0.2) is 15.4 Å². The lowest BCUT2D eigenvalue weighted by atomic mass is 10.1. The average Bonchev–Trinajstić information content (AvgIpc) is 2.87. The van der Waals surface area contributed by atoms with E-state index in [2.05, 4.69) is 30.1 Å². The smallest absolute Gasteiger partial charge is 0.276 e. The maximum absolute atomic E-state index is 5.74. The second-order valence-electron chi connectivity index (χ2n) is 4.86. The number of rotatable bonds is 6. The molecule has 0 amide bonds. The maximum Gasteiger partial charge on any atom is 0.276 e. The summed E-state index contributed by atoms with van der Waals surface area (Å²) in [7, 11) is 0. The van der Waals surface area contributed by atoms with Gasteiger partial charge >= 0.3 is 0 Å². The van der Waals surface area contributed by atoms with Crippen molar-refractivity contribution >= 4 is 11.8 Å². The largest absolute Gasteiger partial charge is 0.484 e. The minimum absolute atomic E-state index is 0.304. The molecule has 0 spiro atoms. The van der Waals surface area contributed by atoms with Gasteiger partial charge in [0.1, 0.15) is 5.75 Å². The molecule has 1 aromatic carbocycles. The molecule has 0 N–H and O–H groups in total. The average molecular weight is 292 g/mol. The Morgan fingerprint density at radius 3 is 2.85 bits per heavy atom. The molecule has 1 atom stereocenters. The third kappa shape index (κ3) is 4.00. The lowest BCUT2D eigenvalue weighted by Crippen LogP contribution is -1.97. The first-order valence-electron chi connectivity index (χ1n) is 6.77. The molecule has 0 radical (unpaired) electrons. The van der Waals surface area contributed by atoms with E-state index in [1.165, 1.54) is 5.56 Å². The fraction of sp³-hybridized carbons (Fsp3) is 0.467. The zero-order valence-corrected chi connectivity index (χ0v) is 13.2. The van der Waals surface area contributed by atoms with Gasteiger partial charge in [0.05, 0.1) is 0 Å². The molecule has 2 aromatic rings. The number of aryl methyl sites for hydroxylation is 2. The Hall–Kier alpha value is -1.49. The summed E-state index contributed by atoms with van der Waals surface area (Å²) >= 11 is 1.60. The van der Waals surface area contributed by atoms with Crippen molar-refractivity contribution in [3.05, 3.63) is 35.2 Å². The molecule has 5 heteroatoms. The highest BCUT2D eigenvalue weighted by atomic mass is 32.2. The first-order valence-corrected chi connectivity index (χ1v) is 7.65. The van der Waals surface area contributed by atoms with Crippen molar-refractivity contribution in [3.63, 3.8) is 0 Å². The van der Waals surface area contributed by atoms with Crippen molar-refractivity contribution in [2.45, 2.75) is 51.2 Å². The van der Waals surface area contributed by atoms with E-state index >= 15 is 0 Å². The van der Waals surface area contributed by atoms with Crippen molar-refractivity contribution in [3.8, 4) is 5.75 Å². The molecular weight excluding hydrogens is 272 g/mol. The third-order valence-corrected chi connectivity index (χ3v) is 4.12. The number of ether oxygens (including phenoxy) is 1. The van der Waals surface area contributed by atoms with Gasteiger partial charge in [0.15, 0.2) is 6.61 Å². The van der Waals surface area contributed by atoms with E-state index in [4.69, 9.17) is 9.15 Å². The van der Waals surface area contributed by atoms with Gasteiger partial charge in [-0.1, -0.05) is 37.7 Å². The molecule has 2 rings (SSSR count). The molecule has 20 heavy (non-hydrogen) atoms. The predicted molar refractivity (Wildman–Crippen MR) is 80.2 cm³/mol. The van der Waals surface area contributed by atoms with Crippen molar-refractivity contribution < 1.29 is 9.15 Å². The number of hydrogen-bond donors (Lipinski definition) is 0. The summed E-state index contributed by atoms with van der Waals surface area (Å²) in [6.45, 7) is 8.64. The molecule has 4 nitrogen and oxygen atoms in total. The van der Waals surface area contributed by atoms with Crippen LogP contribution in [0.25, 0.3) is 0 Å². The number of aromatic nitrogens is 2. The molecule has 0 saturated carbocycles. The van der Waals surface area contributed by atoms with E-state index in [1.54, 1.807) is 11.8 Å². The monoisotopic (exact) mass is 292 g/mol. The molecule has 0 fully saturated rings. The van der Waals surface area contributed by atoms with Gasteiger partial charge in [0, 0.05) is 5.25 Å². The molecule has 0 aliphatic heterocycles. The van der Waals surface area contributed by atoms with Gasteiger partial charge in [-0.25, -0.2) is 0 Å². The Bertz CT molecular complexity index is 569. The van der Waals surface area contributed by atoms with Crippen molar-refractivity contribution in [2.24, 2.45) is 0 Å². The van der Waals surface area contributed by atoms with Gasteiger partial charge in [-0.3, -0.25) is 0 Å². The summed E-state index contributed by atoms with van der Waals surface area (Å²) in [5, 5.41) is 9.12. The first-order chi connectivity index (χ1) is 9.58. The predicted octanol–water partition coefficient (Wildman–Crippen LogP) is 4.16. The van der Waals surface area contributed by atoms with Crippen LogP contribution >= 0.6 is 11.8 Å². The topological polar surface area (TPSA) is 48.2 Å². The first kappa shape index (κ1) is 14.9. The Morgan fingerprint density at radius 1 is 1.30 bits per heavy atom. The van der Waals surface area contributed by atoms with Crippen LogP contribution in [-0.2, 0) is 6.61 Å². The van der Waals surface area contributed by atoms with E-state index in [-0.39, 0.29) is 0 Å². The van der Waals surface area contributed by atoms with Gasteiger partial charge in [0.25, 0.3) is 11.1 Å². The fourth-order valence-corrected chi connectivity index (χ4v) is 2.35. The zero-order valence-electron chi connectivity index (χ0n) is 12.3. The number of hydrogen-bond acceptors (Lipinski definition) is 5. The molecule has 0 bridgehead atoms. The molecule has 108 valence electrons. The maximum atomic E-state index is 5.74. The Morgan fingerprint density at radius 2 is 2.10 bits per heavy atom. The third-order valence-electron chi connectivity index (χ3n) is 3.02. The number of thioether (sulfide) groups is 1. The van der Waals surface area contributed by atoms with Crippen molar-refractivity contribution in [2.75, 3.05) is 0 Å². The second-order valence-corrected chi connectivity index (χ2v) is 6.25. The second kappa shape index (κ2) is 6.79. The van der Waals surface area contributed by atoms with Gasteiger partial charge in [-0.05, 0) is 37.5 Å². The van der Waals surface area contributed by atoms with Gasteiger partial charge in [-0.2, -0.15) is 0 Å². The van der Waals surface area contributed by atoms with Crippen molar-refractivity contribution in [1.29, 1.82) is 0 Å². The summed E-state index contributed by atoms with van der Waals surface area (Å²) in [5.41, 5.74) is 2.27. The molecule has 1 heterocycles. The van der Waals surface area contributed by atoms with Crippen molar-refractivity contribution in [1.82, 2.24) is 10.2 Å². The number of nitrogens with zero attached hydrogens (tertiary/aromatic N) is 2. The van der Waals surface area contributed by atoms with Gasteiger partial charge in [-0.15, -0.1) is 10.2 Å². The van der Waals surface area contributed by atoms with Crippen LogP contribution in [0.2, 0.25) is 0 Å². The lowest BCUT2D eigenvalue weighted by Gasteiger charge is -2.07. The molecular formula is C15H20N2O2S. The SMILES string of the molecule is CCC(C)Sc1nnc(COc2cc(C)ccc2C)o1. The van der Waals surface area contributed by atoms with E-state index in [0.717, 1.165) is 17.7 Å². The Kier molecular flexibility index (Phi) is 5.06. The van der Waals surface area contributed by atoms with Gasteiger partial charge in [0.2, 0.25) is 0 Å². The summed E-state index contributed by atoms with van der Waals surface area (Å²) in [6, 6.07) is 6.12. The zero-order chi connectivity index (χ0) is 14.5. The van der Waals surface area contributed by atoms with Crippen LogP contribution in [0.1, 0.15) is 37.3 Å². The van der Waals surface area contributed by atoms with Crippen LogP contribution in [0.5, 0.6) is 5.75 Å². The number of benzene rings is 1. The van der Waals surface area contributed by atoms with Crippen LogP contribution in [0, 0.1) is 13.8 Å². The van der Waals surface area contributed by atoms with E-state index in [0.29, 0.717) is 23.0 Å². The van der Waals surface area contributed by atoms with Crippen LogP contribution in [0.3, 0.4) is 0 Å². The summed E-state index contributed by atoms with van der Waals surface area (Å²) < 4.78 is 11.3. The molecule has 0 aliphatic rings.